The van der Waals surface area contributed by atoms with Crippen molar-refractivity contribution in [3.05, 3.63) is 175 Å². The summed E-state index contributed by atoms with van der Waals surface area (Å²) in [5.41, 5.74) is 14.4. The number of hydrogen-bond acceptors (Lipinski definition) is 3. The topological polar surface area (TPSA) is 43.9 Å². The Morgan fingerprint density at radius 3 is 2.03 bits per heavy atom. The van der Waals surface area contributed by atoms with E-state index in [1.165, 1.54) is 84.9 Å². The van der Waals surface area contributed by atoms with Gasteiger partial charge in [-0.3, -0.25) is 4.57 Å². The maximum absolute atomic E-state index is 6.69. The molecule has 0 bridgehead atoms. The van der Waals surface area contributed by atoms with Gasteiger partial charge in [0.1, 0.15) is 16.8 Å². The van der Waals surface area contributed by atoms with Gasteiger partial charge in [-0.25, -0.2) is 9.97 Å². The van der Waals surface area contributed by atoms with Crippen molar-refractivity contribution in [2.24, 2.45) is 0 Å². The largest absolute Gasteiger partial charge is 0.452 e. The Labute approximate surface area is 335 Å². The van der Waals surface area contributed by atoms with Crippen molar-refractivity contribution in [1.29, 1.82) is 0 Å². The summed E-state index contributed by atoms with van der Waals surface area (Å²) >= 11 is 0. The van der Waals surface area contributed by atoms with Crippen molar-refractivity contribution < 1.29 is 4.42 Å². The Kier molecular flexibility index (Phi) is 6.63. The molecule has 0 atom stereocenters. The van der Waals surface area contributed by atoms with Gasteiger partial charge in [0.05, 0.1) is 11.0 Å². The molecular weight excluding hydrogens is 707 g/mol. The van der Waals surface area contributed by atoms with E-state index < -0.39 is 0 Å². The highest BCUT2D eigenvalue weighted by molar-refractivity contribution is 6.32. The van der Waals surface area contributed by atoms with Crippen LogP contribution < -0.4 is 0 Å². The number of hydrogen-bond donors (Lipinski definition) is 0. The van der Waals surface area contributed by atoms with Crippen LogP contribution in [0.4, 0.5) is 0 Å². The van der Waals surface area contributed by atoms with Crippen molar-refractivity contribution in [2.45, 2.75) is 37.5 Å². The highest BCUT2D eigenvalue weighted by Crippen LogP contribution is 2.61. The molecule has 3 heterocycles. The van der Waals surface area contributed by atoms with Crippen molar-refractivity contribution in [2.75, 3.05) is 0 Å². The molecule has 274 valence electrons. The molecule has 0 unspecified atom stereocenters. The van der Waals surface area contributed by atoms with Crippen molar-refractivity contribution in [3.8, 4) is 39.5 Å². The van der Waals surface area contributed by atoms with Crippen LogP contribution in [0.1, 0.15) is 43.2 Å². The number of para-hydroxylation sites is 1. The molecule has 2 aliphatic carbocycles. The van der Waals surface area contributed by atoms with E-state index in [9.17, 15) is 0 Å². The molecule has 11 aromatic rings. The SMILES string of the molecule is c1ccc(-c2ccc(-c3nc(-n4c5ccc6ccccc6c5c5c6ccccc6c6c(c54)C4(CCCCC4)c4ccccc4-6)nc4c3oc3ccccc34)cc2)cc1. The van der Waals surface area contributed by atoms with E-state index in [0.717, 1.165) is 51.7 Å². The molecule has 4 nitrogen and oxygen atoms in total. The molecule has 2 aliphatic rings. The molecule has 0 aliphatic heterocycles. The van der Waals surface area contributed by atoms with Crippen LogP contribution in [0, 0.1) is 0 Å². The second-order valence-electron chi connectivity index (χ2n) is 16.3. The molecule has 0 N–H and O–H groups in total. The first-order valence-electron chi connectivity index (χ1n) is 20.6. The van der Waals surface area contributed by atoms with Crippen molar-refractivity contribution in [1.82, 2.24) is 14.5 Å². The summed E-state index contributed by atoms with van der Waals surface area (Å²) in [6, 6.07) is 59.4. The lowest BCUT2D eigenvalue weighted by atomic mass is 9.67. The van der Waals surface area contributed by atoms with Crippen LogP contribution in [0.2, 0.25) is 0 Å². The normalized spacial score (nSPS) is 14.7. The zero-order chi connectivity index (χ0) is 38.0. The van der Waals surface area contributed by atoms with E-state index in [-0.39, 0.29) is 5.41 Å². The quantitative estimate of drug-likeness (QED) is 0.181. The fraction of sp³-hybridized carbons (Fsp3) is 0.111. The summed E-state index contributed by atoms with van der Waals surface area (Å²) in [6.07, 6.45) is 5.93. The van der Waals surface area contributed by atoms with Crippen LogP contribution in [-0.4, -0.2) is 14.5 Å². The van der Waals surface area contributed by atoms with Crippen molar-refractivity contribution >= 4 is 65.4 Å². The third-order valence-corrected chi connectivity index (χ3v) is 13.4. The molecule has 1 spiro atoms. The number of fused-ring (bicyclic) bond motifs is 17. The van der Waals surface area contributed by atoms with E-state index in [1.54, 1.807) is 0 Å². The zero-order valence-corrected chi connectivity index (χ0v) is 31.9. The molecule has 8 aromatic carbocycles. The molecular formula is C54H37N3O. The van der Waals surface area contributed by atoms with Crippen LogP contribution >= 0.6 is 0 Å². The van der Waals surface area contributed by atoms with E-state index in [2.05, 4.69) is 156 Å². The zero-order valence-electron chi connectivity index (χ0n) is 31.9. The molecule has 4 heteroatoms. The van der Waals surface area contributed by atoms with Crippen molar-refractivity contribution in [3.63, 3.8) is 0 Å². The minimum Gasteiger partial charge on any atom is -0.452 e. The van der Waals surface area contributed by atoms with Crippen LogP contribution in [-0.2, 0) is 5.41 Å². The smallest absolute Gasteiger partial charge is 0.236 e. The van der Waals surface area contributed by atoms with Gasteiger partial charge in [0, 0.05) is 27.1 Å². The Morgan fingerprint density at radius 1 is 0.517 bits per heavy atom. The van der Waals surface area contributed by atoms with Gasteiger partial charge in [0.25, 0.3) is 0 Å². The molecule has 0 amide bonds. The summed E-state index contributed by atoms with van der Waals surface area (Å²) in [5, 5.41) is 8.59. The van der Waals surface area contributed by atoms with Crippen LogP contribution in [0.3, 0.4) is 0 Å². The minimum absolute atomic E-state index is 0.114. The van der Waals surface area contributed by atoms with Crippen LogP contribution in [0.25, 0.3) is 105 Å². The predicted molar refractivity (Wildman–Crippen MR) is 239 cm³/mol. The van der Waals surface area contributed by atoms with E-state index in [1.807, 2.05) is 12.1 Å². The lowest BCUT2D eigenvalue weighted by molar-refractivity contribution is 0.354. The van der Waals surface area contributed by atoms with Gasteiger partial charge in [-0.05, 0) is 86.0 Å². The molecule has 1 saturated carbocycles. The summed E-state index contributed by atoms with van der Waals surface area (Å²) < 4.78 is 9.13. The first-order chi connectivity index (χ1) is 28.8. The monoisotopic (exact) mass is 743 g/mol. The average Bonchev–Trinajstić information content (AvgIpc) is 3.94. The number of benzene rings is 8. The van der Waals surface area contributed by atoms with Crippen LogP contribution in [0.15, 0.2) is 168 Å². The third kappa shape index (κ3) is 4.29. The van der Waals surface area contributed by atoms with Gasteiger partial charge in [-0.1, -0.05) is 165 Å². The molecule has 1 fully saturated rings. The first-order valence-corrected chi connectivity index (χ1v) is 20.6. The van der Waals surface area contributed by atoms with Gasteiger partial charge in [-0.2, -0.15) is 0 Å². The number of rotatable bonds is 3. The average molecular weight is 744 g/mol. The van der Waals surface area contributed by atoms with E-state index >= 15 is 0 Å². The van der Waals surface area contributed by atoms with Gasteiger partial charge < -0.3 is 4.42 Å². The fourth-order valence-electron chi connectivity index (χ4n) is 10.9. The number of aromatic nitrogens is 3. The summed E-state index contributed by atoms with van der Waals surface area (Å²) in [7, 11) is 0. The van der Waals surface area contributed by atoms with Gasteiger partial charge in [0.15, 0.2) is 5.58 Å². The van der Waals surface area contributed by atoms with Gasteiger partial charge in [-0.15, -0.1) is 0 Å². The van der Waals surface area contributed by atoms with Gasteiger partial charge >= 0.3 is 0 Å². The standard InChI is InChI=1S/C54H37N3O/c1-3-15-33(16-4-1)34-25-27-36(28-26-34)49-52-50(41-22-10-12-24-44(41)58-52)56-53(55-49)57-43-30-29-35-17-5-6-18-37(35)46(43)47-39-20-8-7-19-38(39)45-40-21-9-11-23-42(40)54(48(45)51(47)57)31-13-2-14-32-54/h1,3-12,15-30H,2,13-14,31-32H2. The molecule has 0 saturated heterocycles. The number of furan rings is 1. The highest BCUT2D eigenvalue weighted by atomic mass is 16.3. The van der Waals surface area contributed by atoms with E-state index in [4.69, 9.17) is 14.4 Å². The molecule has 3 aromatic heterocycles. The Morgan fingerprint density at radius 2 is 1.19 bits per heavy atom. The molecule has 13 rings (SSSR count). The predicted octanol–water partition coefficient (Wildman–Crippen LogP) is 14.3. The highest BCUT2D eigenvalue weighted by Gasteiger charge is 2.47. The Balaban J connectivity index is 1.22. The maximum Gasteiger partial charge on any atom is 0.236 e. The summed E-state index contributed by atoms with van der Waals surface area (Å²) in [4.78, 5) is 11.2. The summed E-state index contributed by atoms with van der Waals surface area (Å²) in [6.45, 7) is 0. The Hall–Kier alpha value is -7.04. The maximum atomic E-state index is 6.69. The first kappa shape index (κ1) is 32.1. The Bertz CT molecular complexity index is 3480. The van der Waals surface area contributed by atoms with E-state index in [0.29, 0.717) is 11.5 Å². The van der Waals surface area contributed by atoms with Gasteiger partial charge in [0.2, 0.25) is 5.95 Å². The summed E-state index contributed by atoms with van der Waals surface area (Å²) in [5.74, 6) is 0.663. The molecule has 0 radical (unpaired) electrons. The molecule has 58 heavy (non-hydrogen) atoms. The number of nitrogens with zero attached hydrogens (tertiary/aromatic N) is 3. The fourth-order valence-corrected chi connectivity index (χ4v) is 10.9. The second-order valence-corrected chi connectivity index (χ2v) is 16.3. The van der Waals surface area contributed by atoms with Crippen LogP contribution in [0.5, 0.6) is 0 Å². The minimum atomic E-state index is -0.114. The second kappa shape index (κ2) is 12.0. The lowest BCUT2D eigenvalue weighted by Gasteiger charge is -2.36. The lowest BCUT2D eigenvalue weighted by Crippen LogP contribution is -2.28. The third-order valence-electron chi connectivity index (χ3n) is 13.4.